The summed E-state index contributed by atoms with van der Waals surface area (Å²) in [6.07, 6.45) is 4.85. The Bertz CT molecular complexity index is 787. The van der Waals surface area contributed by atoms with Gasteiger partial charge in [-0.2, -0.15) is 0 Å². The molecule has 3 rings (SSSR count). The van der Waals surface area contributed by atoms with Crippen LogP contribution in [0.25, 0.3) is 11.6 Å². The van der Waals surface area contributed by atoms with E-state index in [9.17, 15) is 0 Å². The van der Waals surface area contributed by atoms with Gasteiger partial charge in [-0.05, 0) is 70.9 Å². The predicted octanol–water partition coefficient (Wildman–Crippen LogP) is 6.90. The molecule has 0 aromatic heterocycles. The van der Waals surface area contributed by atoms with Crippen LogP contribution in [0, 0.1) is 6.92 Å². The van der Waals surface area contributed by atoms with Gasteiger partial charge in [-0.1, -0.05) is 76.2 Å². The smallest absolute Gasteiger partial charge is 0.0100 e. The van der Waals surface area contributed by atoms with Gasteiger partial charge in [-0.25, -0.2) is 0 Å². The zero-order valence-electron chi connectivity index (χ0n) is 16.0. The van der Waals surface area contributed by atoms with E-state index in [2.05, 4.69) is 90.1 Å². The predicted molar refractivity (Wildman–Crippen MR) is 106 cm³/mol. The van der Waals surface area contributed by atoms with Crippen LogP contribution in [0.4, 0.5) is 0 Å². The Morgan fingerprint density at radius 3 is 2.17 bits per heavy atom. The van der Waals surface area contributed by atoms with Crippen molar-refractivity contribution in [3.8, 4) is 0 Å². The van der Waals surface area contributed by atoms with E-state index in [-0.39, 0.29) is 10.8 Å². The Kier molecular flexibility index (Phi) is 4.20. The molecule has 2 aromatic rings. The number of hydrogen-bond donors (Lipinski definition) is 0. The van der Waals surface area contributed by atoms with Crippen LogP contribution in [0.1, 0.15) is 75.3 Å². The molecule has 0 heteroatoms. The third-order valence-corrected chi connectivity index (χ3v) is 5.87. The molecular formula is C24H30. The summed E-state index contributed by atoms with van der Waals surface area (Å²) in [6, 6.07) is 15.7. The largest absolute Gasteiger partial charge is 0.0620 e. The Balaban J connectivity index is 2.07. The second kappa shape index (κ2) is 5.92. The van der Waals surface area contributed by atoms with Crippen molar-refractivity contribution in [1.29, 1.82) is 0 Å². The highest BCUT2D eigenvalue weighted by Crippen LogP contribution is 2.46. The van der Waals surface area contributed by atoms with Gasteiger partial charge in [0, 0.05) is 0 Å². The van der Waals surface area contributed by atoms with Crippen molar-refractivity contribution in [2.75, 3.05) is 0 Å². The molecule has 126 valence electrons. The van der Waals surface area contributed by atoms with E-state index in [1.807, 2.05) is 0 Å². The minimum absolute atomic E-state index is 0.268. The lowest BCUT2D eigenvalue weighted by molar-refractivity contribution is 0.332. The fourth-order valence-corrected chi connectivity index (χ4v) is 3.90. The van der Waals surface area contributed by atoms with Gasteiger partial charge in [0.25, 0.3) is 0 Å². The zero-order chi connectivity index (χ0) is 17.5. The van der Waals surface area contributed by atoms with Crippen molar-refractivity contribution in [1.82, 2.24) is 0 Å². The normalized spacial score (nSPS) is 19.0. The van der Waals surface area contributed by atoms with Crippen LogP contribution in [0.5, 0.6) is 0 Å². The van der Waals surface area contributed by atoms with Crippen LogP contribution in [0.2, 0.25) is 0 Å². The summed E-state index contributed by atoms with van der Waals surface area (Å²) >= 11 is 0. The first kappa shape index (κ1) is 17.0. The Morgan fingerprint density at radius 2 is 1.50 bits per heavy atom. The number of rotatable bonds is 2. The molecule has 0 bridgehead atoms. The number of fused-ring (bicyclic) bond motifs is 1. The summed E-state index contributed by atoms with van der Waals surface area (Å²) in [4.78, 5) is 0. The Morgan fingerprint density at radius 1 is 0.875 bits per heavy atom. The fourth-order valence-electron chi connectivity index (χ4n) is 3.90. The topological polar surface area (TPSA) is 0 Å². The maximum absolute atomic E-state index is 2.44. The van der Waals surface area contributed by atoms with E-state index < -0.39 is 0 Å². The number of benzene rings is 2. The molecule has 1 aliphatic rings. The van der Waals surface area contributed by atoms with Crippen LogP contribution < -0.4 is 0 Å². The lowest BCUT2D eigenvalue weighted by atomic mass is 9.63. The third-order valence-electron chi connectivity index (χ3n) is 5.87. The van der Waals surface area contributed by atoms with E-state index in [1.165, 1.54) is 46.2 Å². The number of allylic oxidation sites excluding steroid dienone is 1. The second-order valence-corrected chi connectivity index (χ2v) is 8.71. The molecule has 0 spiro atoms. The highest BCUT2D eigenvalue weighted by Gasteiger charge is 2.36. The molecule has 0 heterocycles. The standard InChI is InChI=1S/C24H30/c1-17-9-7-8-10-19(17)15-18(2)20-11-12-21-22(16-20)24(5,6)14-13-23(21,3)4/h7-12,15-16H,13-14H2,1-6H3/b18-15+. The van der Waals surface area contributed by atoms with Gasteiger partial charge in [0.05, 0.1) is 0 Å². The monoisotopic (exact) mass is 318 g/mol. The summed E-state index contributed by atoms with van der Waals surface area (Å²) < 4.78 is 0. The summed E-state index contributed by atoms with van der Waals surface area (Å²) in [6.45, 7) is 14.0. The fraction of sp³-hybridized carbons (Fsp3) is 0.417. The van der Waals surface area contributed by atoms with E-state index in [1.54, 1.807) is 0 Å². The summed E-state index contributed by atoms with van der Waals surface area (Å²) in [5.41, 5.74) is 8.96. The molecule has 0 radical (unpaired) electrons. The van der Waals surface area contributed by atoms with Crippen molar-refractivity contribution >= 4 is 11.6 Å². The Hall–Kier alpha value is -1.82. The summed E-state index contributed by atoms with van der Waals surface area (Å²) in [5.74, 6) is 0. The van der Waals surface area contributed by atoms with Gasteiger partial charge >= 0.3 is 0 Å². The Labute approximate surface area is 147 Å². The van der Waals surface area contributed by atoms with Crippen molar-refractivity contribution in [3.05, 3.63) is 70.3 Å². The molecule has 0 atom stereocenters. The van der Waals surface area contributed by atoms with Crippen LogP contribution in [0.3, 0.4) is 0 Å². The first-order valence-electron chi connectivity index (χ1n) is 9.10. The maximum Gasteiger partial charge on any atom is -0.0100 e. The third kappa shape index (κ3) is 3.07. The highest BCUT2D eigenvalue weighted by molar-refractivity contribution is 5.81. The minimum atomic E-state index is 0.268. The van der Waals surface area contributed by atoms with Crippen LogP contribution in [-0.2, 0) is 10.8 Å². The van der Waals surface area contributed by atoms with Crippen molar-refractivity contribution in [3.63, 3.8) is 0 Å². The summed E-state index contributed by atoms with van der Waals surface area (Å²) in [7, 11) is 0. The lowest BCUT2D eigenvalue weighted by Crippen LogP contribution is -2.33. The zero-order valence-corrected chi connectivity index (χ0v) is 16.0. The van der Waals surface area contributed by atoms with E-state index in [4.69, 9.17) is 0 Å². The molecule has 2 aromatic carbocycles. The van der Waals surface area contributed by atoms with Gasteiger partial charge in [0.1, 0.15) is 0 Å². The molecule has 1 aliphatic carbocycles. The van der Waals surface area contributed by atoms with E-state index in [0.29, 0.717) is 0 Å². The average Bonchev–Trinajstić information content (AvgIpc) is 2.54. The lowest BCUT2D eigenvalue weighted by Gasteiger charge is -2.42. The summed E-state index contributed by atoms with van der Waals surface area (Å²) in [5, 5.41) is 0. The maximum atomic E-state index is 2.44. The highest BCUT2D eigenvalue weighted by atomic mass is 14.4. The quantitative estimate of drug-likeness (QED) is 0.528. The minimum Gasteiger partial charge on any atom is -0.0620 e. The van der Waals surface area contributed by atoms with E-state index >= 15 is 0 Å². The molecular weight excluding hydrogens is 288 g/mol. The molecule has 0 nitrogen and oxygen atoms in total. The van der Waals surface area contributed by atoms with Crippen LogP contribution in [0.15, 0.2) is 42.5 Å². The van der Waals surface area contributed by atoms with Crippen molar-refractivity contribution in [2.45, 2.75) is 65.2 Å². The van der Waals surface area contributed by atoms with Gasteiger partial charge < -0.3 is 0 Å². The molecule has 24 heavy (non-hydrogen) atoms. The van der Waals surface area contributed by atoms with E-state index in [0.717, 1.165) is 0 Å². The molecule has 0 N–H and O–H groups in total. The van der Waals surface area contributed by atoms with Gasteiger partial charge in [0.15, 0.2) is 0 Å². The van der Waals surface area contributed by atoms with Crippen LogP contribution >= 0.6 is 0 Å². The molecule has 0 amide bonds. The average molecular weight is 319 g/mol. The first-order valence-corrected chi connectivity index (χ1v) is 9.10. The number of aryl methyl sites for hydroxylation is 1. The SMILES string of the molecule is C/C(=C\c1ccccc1C)c1ccc2c(c1)C(C)(C)CCC2(C)C. The van der Waals surface area contributed by atoms with Crippen LogP contribution in [-0.4, -0.2) is 0 Å². The number of hydrogen-bond acceptors (Lipinski definition) is 0. The van der Waals surface area contributed by atoms with Crippen molar-refractivity contribution < 1.29 is 0 Å². The molecule has 0 saturated heterocycles. The van der Waals surface area contributed by atoms with Gasteiger partial charge in [-0.15, -0.1) is 0 Å². The van der Waals surface area contributed by atoms with Gasteiger partial charge in [-0.3, -0.25) is 0 Å². The van der Waals surface area contributed by atoms with Gasteiger partial charge in [0.2, 0.25) is 0 Å². The first-order chi connectivity index (χ1) is 11.2. The molecule has 0 unspecified atom stereocenters. The molecule has 0 fully saturated rings. The molecule has 0 saturated carbocycles. The second-order valence-electron chi connectivity index (χ2n) is 8.71. The van der Waals surface area contributed by atoms with Crippen molar-refractivity contribution in [2.24, 2.45) is 0 Å². The molecule has 0 aliphatic heterocycles.